The molecule has 0 aliphatic carbocycles. The van der Waals surface area contributed by atoms with Crippen LogP contribution in [0.5, 0.6) is 5.88 Å². The smallest absolute Gasteiger partial charge is 0.232 e. The molecule has 22 heavy (non-hydrogen) atoms. The number of nitrogens with zero attached hydrogens (tertiary/aromatic N) is 3. The predicted molar refractivity (Wildman–Crippen MR) is 88.5 cm³/mol. The highest BCUT2D eigenvalue weighted by atomic mass is 79.9. The SMILES string of the molecule is COc1cncc(CN(c2ccc(Br)c(C)c2)S(C)(=O)=O)n1. The second kappa shape index (κ2) is 6.62. The molecule has 0 saturated carbocycles. The maximum Gasteiger partial charge on any atom is 0.232 e. The van der Waals surface area contributed by atoms with E-state index in [0.29, 0.717) is 17.3 Å². The maximum absolute atomic E-state index is 12.1. The van der Waals surface area contributed by atoms with Crippen molar-refractivity contribution in [2.45, 2.75) is 13.5 Å². The Balaban J connectivity index is 2.40. The van der Waals surface area contributed by atoms with E-state index in [0.717, 1.165) is 16.3 Å². The first-order valence-electron chi connectivity index (χ1n) is 6.40. The molecule has 0 radical (unpaired) electrons. The summed E-state index contributed by atoms with van der Waals surface area (Å²) in [6.45, 7) is 1.99. The highest BCUT2D eigenvalue weighted by Gasteiger charge is 2.19. The first-order chi connectivity index (χ1) is 10.3. The third-order valence-corrected chi connectivity index (χ3v) is 5.04. The molecule has 1 aromatic carbocycles. The van der Waals surface area contributed by atoms with Crippen LogP contribution in [0.1, 0.15) is 11.3 Å². The monoisotopic (exact) mass is 385 g/mol. The van der Waals surface area contributed by atoms with E-state index in [2.05, 4.69) is 25.9 Å². The van der Waals surface area contributed by atoms with Gasteiger partial charge in [-0.05, 0) is 30.7 Å². The van der Waals surface area contributed by atoms with Crippen LogP contribution >= 0.6 is 15.9 Å². The lowest BCUT2D eigenvalue weighted by molar-refractivity contribution is 0.394. The summed E-state index contributed by atoms with van der Waals surface area (Å²) in [5, 5.41) is 0. The van der Waals surface area contributed by atoms with Crippen LogP contribution in [-0.2, 0) is 16.6 Å². The normalized spacial score (nSPS) is 11.3. The minimum Gasteiger partial charge on any atom is -0.480 e. The van der Waals surface area contributed by atoms with Gasteiger partial charge in [-0.1, -0.05) is 15.9 Å². The Bertz CT molecular complexity index is 781. The molecule has 0 bridgehead atoms. The molecule has 2 aromatic rings. The number of ether oxygens (including phenoxy) is 1. The number of methoxy groups -OCH3 is 1. The van der Waals surface area contributed by atoms with Crippen LogP contribution in [0.25, 0.3) is 0 Å². The van der Waals surface area contributed by atoms with Gasteiger partial charge in [0, 0.05) is 4.47 Å². The summed E-state index contributed by atoms with van der Waals surface area (Å²) in [6, 6.07) is 5.37. The summed E-state index contributed by atoms with van der Waals surface area (Å²) >= 11 is 3.41. The van der Waals surface area contributed by atoms with Crippen molar-refractivity contribution in [3.8, 4) is 5.88 Å². The van der Waals surface area contributed by atoms with Crippen molar-refractivity contribution >= 4 is 31.6 Å². The number of aryl methyl sites for hydroxylation is 1. The molecule has 0 amide bonds. The molecule has 0 unspecified atom stereocenters. The van der Waals surface area contributed by atoms with Gasteiger partial charge in [0.2, 0.25) is 15.9 Å². The first kappa shape index (κ1) is 16.7. The number of sulfonamides is 1. The molecule has 118 valence electrons. The van der Waals surface area contributed by atoms with E-state index in [1.807, 2.05) is 13.0 Å². The van der Waals surface area contributed by atoms with Crippen molar-refractivity contribution in [1.29, 1.82) is 0 Å². The molecule has 1 aromatic heterocycles. The highest BCUT2D eigenvalue weighted by molar-refractivity contribution is 9.10. The Morgan fingerprint density at radius 3 is 2.64 bits per heavy atom. The Kier molecular flexibility index (Phi) is 5.02. The van der Waals surface area contributed by atoms with Gasteiger partial charge in [0.1, 0.15) is 0 Å². The van der Waals surface area contributed by atoms with Crippen LogP contribution in [0.4, 0.5) is 5.69 Å². The molecule has 0 saturated heterocycles. The van der Waals surface area contributed by atoms with Crippen LogP contribution in [0.3, 0.4) is 0 Å². The molecule has 0 N–H and O–H groups in total. The van der Waals surface area contributed by atoms with Crippen LogP contribution in [0.2, 0.25) is 0 Å². The standard InChI is InChI=1S/C14H16BrN3O3S/c1-10-6-12(4-5-13(10)15)18(22(3,19)20)9-11-7-16-8-14(17-11)21-2/h4-8H,9H2,1-3H3. The fourth-order valence-electron chi connectivity index (χ4n) is 1.89. The van der Waals surface area contributed by atoms with E-state index in [4.69, 9.17) is 4.74 Å². The van der Waals surface area contributed by atoms with Crippen LogP contribution in [0, 0.1) is 6.92 Å². The third-order valence-electron chi connectivity index (χ3n) is 3.01. The van der Waals surface area contributed by atoms with E-state index < -0.39 is 10.0 Å². The van der Waals surface area contributed by atoms with Gasteiger partial charge in [0.15, 0.2) is 0 Å². The average molecular weight is 386 g/mol. The number of hydrogen-bond acceptors (Lipinski definition) is 5. The Hall–Kier alpha value is -1.67. The van der Waals surface area contributed by atoms with Gasteiger partial charge in [-0.3, -0.25) is 9.29 Å². The van der Waals surface area contributed by atoms with Crippen LogP contribution in [0.15, 0.2) is 35.1 Å². The lowest BCUT2D eigenvalue weighted by atomic mass is 10.2. The van der Waals surface area contributed by atoms with Crippen molar-refractivity contribution in [3.63, 3.8) is 0 Å². The van der Waals surface area contributed by atoms with Gasteiger partial charge >= 0.3 is 0 Å². The lowest BCUT2D eigenvalue weighted by Gasteiger charge is -2.22. The Labute approximate surface area is 138 Å². The number of hydrogen-bond donors (Lipinski definition) is 0. The minimum atomic E-state index is -3.46. The maximum atomic E-state index is 12.1. The fourth-order valence-corrected chi connectivity index (χ4v) is 3.00. The van der Waals surface area contributed by atoms with Gasteiger partial charge in [0.25, 0.3) is 0 Å². The number of rotatable bonds is 5. The summed E-state index contributed by atoms with van der Waals surface area (Å²) in [7, 11) is -1.97. The van der Waals surface area contributed by atoms with Gasteiger partial charge in [0.05, 0.1) is 43.7 Å². The van der Waals surface area contributed by atoms with Crippen LogP contribution in [-0.4, -0.2) is 31.8 Å². The summed E-state index contributed by atoms with van der Waals surface area (Å²) in [5.41, 5.74) is 2.03. The van der Waals surface area contributed by atoms with E-state index in [1.165, 1.54) is 23.8 Å². The second-order valence-electron chi connectivity index (χ2n) is 4.76. The molecule has 2 rings (SSSR count). The van der Waals surface area contributed by atoms with E-state index in [9.17, 15) is 8.42 Å². The third kappa shape index (κ3) is 3.95. The quantitative estimate of drug-likeness (QED) is 0.790. The summed E-state index contributed by atoms with van der Waals surface area (Å²) in [6.07, 6.45) is 4.16. The molecule has 0 spiro atoms. The average Bonchev–Trinajstić information content (AvgIpc) is 2.47. The fraction of sp³-hybridized carbons (Fsp3) is 0.286. The van der Waals surface area contributed by atoms with Gasteiger partial charge in [-0.15, -0.1) is 0 Å². The Morgan fingerprint density at radius 1 is 1.32 bits per heavy atom. The highest BCUT2D eigenvalue weighted by Crippen LogP contribution is 2.26. The molecule has 0 fully saturated rings. The topological polar surface area (TPSA) is 72.4 Å². The zero-order chi connectivity index (χ0) is 16.3. The summed E-state index contributed by atoms with van der Waals surface area (Å²) in [5.74, 6) is 0.345. The van der Waals surface area contributed by atoms with Crippen LogP contribution < -0.4 is 9.04 Å². The molecule has 0 aliphatic rings. The van der Waals surface area contributed by atoms with E-state index >= 15 is 0 Å². The second-order valence-corrected chi connectivity index (χ2v) is 7.52. The number of benzene rings is 1. The van der Waals surface area contributed by atoms with Gasteiger partial charge in [-0.2, -0.15) is 0 Å². The molecular weight excluding hydrogens is 370 g/mol. The molecule has 8 heteroatoms. The van der Waals surface area contributed by atoms with E-state index in [-0.39, 0.29) is 6.54 Å². The minimum absolute atomic E-state index is 0.0874. The predicted octanol–water partition coefficient (Wildman–Crippen LogP) is 2.52. The van der Waals surface area contributed by atoms with Crippen molar-refractivity contribution in [3.05, 3.63) is 46.3 Å². The number of halogens is 1. The van der Waals surface area contributed by atoms with Crippen molar-refractivity contribution in [2.75, 3.05) is 17.7 Å². The van der Waals surface area contributed by atoms with Gasteiger partial charge in [-0.25, -0.2) is 13.4 Å². The van der Waals surface area contributed by atoms with Crippen molar-refractivity contribution < 1.29 is 13.2 Å². The Morgan fingerprint density at radius 2 is 2.05 bits per heavy atom. The lowest BCUT2D eigenvalue weighted by Crippen LogP contribution is -2.29. The van der Waals surface area contributed by atoms with Gasteiger partial charge < -0.3 is 4.74 Å². The van der Waals surface area contributed by atoms with Crippen molar-refractivity contribution in [2.24, 2.45) is 0 Å². The molecule has 0 aliphatic heterocycles. The van der Waals surface area contributed by atoms with E-state index in [1.54, 1.807) is 12.1 Å². The molecule has 6 nitrogen and oxygen atoms in total. The summed E-state index contributed by atoms with van der Waals surface area (Å²) < 4.78 is 31.5. The molecule has 1 heterocycles. The first-order valence-corrected chi connectivity index (χ1v) is 9.04. The van der Waals surface area contributed by atoms with Crippen molar-refractivity contribution in [1.82, 2.24) is 9.97 Å². The number of aromatic nitrogens is 2. The molecular formula is C14H16BrN3O3S. The zero-order valence-corrected chi connectivity index (χ0v) is 14.8. The number of anilines is 1. The largest absolute Gasteiger partial charge is 0.480 e. The zero-order valence-electron chi connectivity index (χ0n) is 12.4. The molecule has 0 atom stereocenters. The summed E-state index contributed by atoms with van der Waals surface area (Å²) in [4.78, 5) is 8.21.